The Balaban J connectivity index is 1.59. The highest BCUT2D eigenvalue weighted by Gasteiger charge is 2.27. The van der Waals surface area contributed by atoms with Crippen LogP contribution in [0, 0.1) is 0 Å². The van der Waals surface area contributed by atoms with E-state index in [9.17, 15) is 13.2 Å². The van der Waals surface area contributed by atoms with Crippen molar-refractivity contribution in [3.63, 3.8) is 0 Å². The SMILES string of the molecule is COC(=O)CCc1cccc(CN(Cc2ccc(-c3ncccn3)cc2)S(=O)(=O)c2cn(C)cn2)c1. The number of hydrogen-bond acceptors (Lipinski definition) is 7. The van der Waals surface area contributed by atoms with Crippen LogP contribution >= 0.6 is 0 Å². The Morgan fingerprint density at radius 2 is 1.64 bits per heavy atom. The Hall–Kier alpha value is -3.89. The van der Waals surface area contributed by atoms with E-state index < -0.39 is 10.0 Å². The Bertz CT molecular complexity index is 1420. The van der Waals surface area contributed by atoms with Crippen LogP contribution < -0.4 is 0 Å². The molecule has 0 fully saturated rings. The number of aromatic nitrogens is 4. The van der Waals surface area contributed by atoms with Crippen molar-refractivity contribution in [2.75, 3.05) is 7.11 Å². The van der Waals surface area contributed by atoms with E-state index in [1.165, 1.54) is 23.9 Å². The lowest BCUT2D eigenvalue weighted by atomic mass is 10.1. The number of ether oxygens (including phenoxy) is 1. The maximum Gasteiger partial charge on any atom is 0.305 e. The van der Waals surface area contributed by atoms with E-state index in [1.807, 2.05) is 48.5 Å². The van der Waals surface area contributed by atoms with Gasteiger partial charge >= 0.3 is 5.97 Å². The van der Waals surface area contributed by atoms with Gasteiger partial charge in [0.15, 0.2) is 10.9 Å². The van der Waals surface area contributed by atoms with E-state index in [0.29, 0.717) is 12.2 Å². The molecule has 0 unspecified atom stereocenters. The molecule has 0 aliphatic rings. The van der Waals surface area contributed by atoms with Crippen LogP contribution in [-0.2, 0) is 46.1 Å². The average Bonchev–Trinajstić information content (AvgIpc) is 3.35. The zero-order valence-electron chi connectivity index (χ0n) is 20.1. The predicted octanol–water partition coefficient (Wildman–Crippen LogP) is 3.37. The summed E-state index contributed by atoms with van der Waals surface area (Å²) in [5.41, 5.74) is 3.40. The molecule has 0 N–H and O–H groups in total. The zero-order valence-corrected chi connectivity index (χ0v) is 20.9. The lowest BCUT2D eigenvalue weighted by Crippen LogP contribution is -2.30. The number of nitrogens with zero attached hydrogens (tertiary/aromatic N) is 5. The topological polar surface area (TPSA) is 107 Å². The van der Waals surface area contributed by atoms with Gasteiger partial charge in [-0.3, -0.25) is 4.79 Å². The van der Waals surface area contributed by atoms with Crippen molar-refractivity contribution in [1.82, 2.24) is 23.8 Å². The molecule has 2 aromatic heterocycles. The molecule has 186 valence electrons. The van der Waals surface area contributed by atoms with Gasteiger partial charge in [-0.25, -0.2) is 23.4 Å². The maximum absolute atomic E-state index is 13.6. The average molecular weight is 506 g/mol. The van der Waals surface area contributed by atoms with Crippen LogP contribution in [0.3, 0.4) is 0 Å². The van der Waals surface area contributed by atoms with Crippen molar-refractivity contribution >= 4 is 16.0 Å². The summed E-state index contributed by atoms with van der Waals surface area (Å²) in [6, 6.07) is 16.8. The molecule has 2 aromatic carbocycles. The molecule has 0 saturated carbocycles. The van der Waals surface area contributed by atoms with Crippen LogP contribution in [0.4, 0.5) is 0 Å². The van der Waals surface area contributed by atoms with Gasteiger partial charge in [-0.05, 0) is 29.2 Å². The third kappa shape index (κ3) is 6.21. The van der Waals surface area contributed by atoms with Gasteiger partial charge in [0.2, 0.25) is 0 Å². The number of methoxy groups -OCH3 is 1. The third-order valence-electron chi connectivity index (χ3n) is 5.62. The van der Waals surface area contributed by atoms with Crippen LogP contribution in [-0.4, -0.2) is 45.3 Å². The Kier molecular flexibility index (Phi) is 7.87. The molecule has 9 nitrogen and oxygen atoms in total. The van der Waals surface area contributed by atoms with Crippen LogP contribution in [0.2, 0.25) is 0 Å². The van der Waals surface area contributed by atoms with Crippen LogP contribution in [0.25, 0.3) is 11.4 Å². The standard InChI is InChI=1S/C26H27N5O4S/c1-30-18-24(29-19-30)36(33,34)31(17-22-6-3-5-20(15-22)9-12-25(32)35-2)16-21-7-10-23(11-8-21)26-27-13-4-14-28-26/h3-8,10-11,13-15,18-19H,9,12,16-17H2,1-2H3. The molecule has 0 atom stereocenters. The fraction of sp³-hybridized carbons (Fsp3) is 0.231. The molecule has 4 aromatic rings. The van der Waals surface area contributed by atoms with Gasteiger partial charge in [0.25, 0.3) is 10.0 Å². The zero-order chi connectivity index (χ0) is 25.5. The maximum atomic E-state index is 13.6. The van der Waals surface area contributed by atoms with Gasteiger partial charge in [-0.15, -0.1) is 0 Å². The molecule has 36 heavy (non-hydrogen) atoms. The summed E-state index contributed by atoms with van der Waals surface area (Å²) in [5, 5.41) is -0.0128. The van der Waals surface area contributed by atoms with Crippen molar-refractivity contribution in [1.29, 1.82) is 0 Å². The number of rotatable bonds is 10. The van der Waals surface area contributed by atoms with Gasteiger partial charge in [-0.2, -0.15) is 4.31 Å². The number of benzene rings is 2. The number of esters is 1. The summed E-state index contributed by atoms with van der Waals surface area (Å²) in [6.45, 7) is 0.301. The molecule has 0 aliphatic carbocycles. The van der Waals surface area contributed by atoms with Gasteiger partial charge in [-0.1, -0.05) is 48.5 Å². The normalized spacial score (nSPS) is 11.5. The highest BCUT2D eigenvalue weighted by molar-refractivity contribution is 7.89. The summed E-state index contributed by atoms with van der Waals surface area (Å²) in [5.74, 6) is 0.315. The number of sulfonamides is 1. The molecular formula is C26H27N5O4S. The second-order valence-corrected chi connectivity index (χ2v) is 10.2. The third-order valence-corrected chi connectivity index (χ3v) is 7.30. The molecule has 10 heteroatoms. The molecule has 0 bridgehead atoms. The van der Waals surface area contributed by atoms with Crippen molar-refractivity contribution in [2.24, 2.45) is 7.05 Å². The van der Waals surface area contributed by atoms with E-state index in [2.05, 4.69) is 15.0 Å². The first-order valence-electron chi connectivity index (χ1n) is 11.3. The van der Waals surface area contributed by atoms with E-state index >= 15 is 0 Å². The number of imidazole rings is 1. The van der Waals surface area contributed by atoms with Gasteiger partial charge in [0.05, 0.1) is 13.4 Å². The first-order chi connectivity index (χ1) is 17.3. The summed E-state index contributed by atoms with van der Waals surface area (Å²) in [4.78, 5) is 24.1. The predicted molar refractivity (Wildman–Crippen MR) is 134 cm³/mol. The van der Waals surface area contributed by atoms with Crippen molar-refractivity contribution < 1.29 is 17.9 Å². The summed E-state index contributed by atoms with van der Waals surface area (Å²) in [7, 11) is -0.792. The number of aryl methyl sites for hydroxylation is 2. The minimum atomic E-state index is -3.88. The minimum Gasteiger partial charge on any atom is -0.469 e. The molecular weight excluding hydrogens is 478 g/mol. The quantitative estimate of drug-likeness (QED) is 0.304. The molecule has 4 rings (SSSR count). The fourth-order valence-corrected chi connectivity index (χ4v) is 5.11. The van der Waals surface area contributed by atoms with Crippen molar-refractivity contribution in [3.8, 4) is 11.4 Å². The fourth-order valence-electron chi connectivity index (χ4n) is 3.73. The highest BCUT2D eigenvalue weighted by Crippen LogP contribution is 2.22. The molecule has 0 saturated heterocycles. The van der Waals surface area contributed by atoms with Gasteiger partial charge < -0.3 is 9.30 Å². The van der Waals surface area contributed by atoms with Gasteiger partial charge in [0.1, 0.15) is 0 Å². The summed E-state index contributed by atoms with van der Waals surface area (Å²) < 4.78 is 34.8. The lowest BCUT2D eigenvalue weighted by Gasteiger charge is -2.22. The largest absolute Gasteiger partial charge is 0.469 e. The van der Waals surface area contributed by atoms with Crippen LogP contribution in [0.1, 0.15) is 23.1 Å². The second-order valence-electron chi connectivity index (χ2n) is 8.32. The van der Waals surface area contributed by atoms with Gasteiger partial charge in [0, 0.05) is 50.7 Å². The first-order valence-corrected chi connectivity index (χ1v) is 12.8. The van der Waals surface area contributed by atoms with Crippen molar-refractivity contribution in [2.45, 2.75) is 31.0 Å². The molecule has 2 heterocycles. The van der Waals surface area contributed by atoms with E-state index in [1.54, 1.807) is 30.1 Å². The Labute approximate surface area is 210 Å². The summed E-state index contributed by atoms with van der Waals surface area (Å²) in [6.07, 6.45) is 7.08. The highest BCUT2D eigenvalue weighted by atomic mass is 32.2. The van der Waals surface area contributed by atoms with E-state index in [4.69, 9.17) is 4.74 Å². The molecule has 0 spiro atoms. The molecule has 0 amide bonds. The van der Waals surface area contributed by atoms with Crippen LogP contribution in [0.5, 0.6) is 0 Å². The smallest absolute Gasteiger partial charge is 0.305 e. The number of carbonyl (C=O) groups excluding carboxylic acids is 1. The number of hydrogen-bond donors (Lipinski definition) is 0. The van der Waals surface area contributed by atoms with E-state index in [-0.39, 0.29) is 30.5 Å². The Morgan fingerprint density at radius 3 is 2.31 bits per heavy atom. The van der Waals surface area contributed by atoms with Crippen molar-refractivity contribution in [3.05, 3.63) is 96.2 Å². The number of carbonyl (C=O) groups is 1. The minimum absolute atomic E-state index is 0.0128. The van der Waals surface area contributed by atoms with Crippen LogP contribution in [0.15, 0.2) is 84.5 Å². The second kappa shape index (κ2) is 11.2. The van der Waals surface area contributed by atoms with E-state index in [0.717, 1.165) is 22.3 Å². The monoisotopic (exact) mass is 505 g/mol. The molecule has 0 radical (unpaired) electrons. The summed E-state index contributed by atoms with van der Waals surface area (Å²) >= 11 is 0. The lowest BCUT2D eigenvalue weighted by molar-refractivity contribution is -0.140. The molecule has 0 aliphatic heterocycles. The first kappa shape index (κ1) is 25.2. The Morgan fingerprint density at radius 1 is 0.944 bits per heavy atom.